The predicted octanol–water partition coefficient (Wildman–Crippen LogP) is -0.969. The minimum absolute atomic E-state index is 0.280. The number of aliphatic imine (C=N–C) groups is 1. The number of hydrogen-bond donors (Lipinski definition) is 2. The third kappa shape index (κ3) is 0.998. The van der Waals surface area contributed by atoms with Gasteiger partial charge >= 0.3 is 0 Å². The van der Waals surface area contributed by atoms with E-state index in [0.717, 1.165) is 19.6 Å². The van der Waals surface area contributed by atoms with Crippen LogP contribution in [0.3, 0.4) is 0 Å². The summed E-state index contributed by atoms with van der Waals surface area (Å²) < 4.78 is 0. The maximum absolute atomic E-state index is 4.12. The van der Waals surface area contributed by atoms with E-state index in [1.807, 2.05) is 0 Å². The summed E-state index contributed by atoms with van der Waals surface area (Å²) in [6, 6.07) is 0. The SMILES string of the molecule is [C]1=NC(N2CCCN2)CN1. The number of hydrogen-bond acceptors (Lipinski definition) is 4. The Hall–Kier alpha value is -0.610. The Morgan fingerprint density at radius 3 is 3.20 bits per heavy atom. The minimum Gasteiger partial charge on any atom is -0.364 e. The van der Waals surface area contributed by atoms with Crippen LogP contribution in [-0.2, 0) is 0 Å². The van der Waals surface area contributed by atoms with Gasteiger partial charge in [-0.05, 0) is 6.42 Å². The topological polar surface area (TPSA) is 39.7 Å². The summed E-state index contributed by atoms with van der Waals surface area (Å²) in [7, 11) is 0. The first-order chi connectivity index (χ1) is 4.97. The zero-order valence-electron chi connectivity index (χ0n) is 5.80. The molecule has 0 spiro atoms. The molecule has 2 heterocycles. The summed E-state index contributed by atoms with van der Waals surface area (Å²) in [5.41, 5.74) is 3.26. The van der Waals surface area contributed by atoms with Crippen LogP contribution in [0, 0.1) is 0 Å². The largest absolute Gasteiger partial charge is 0.364 e. The van der Waals surface area contributed by atoms with Gasteiger partial charge in [0.2, 0.25) is 0 Å². The lowest BCUT2D eigenvalue weighted by Gasteiger charge is -2.19. The molecule has 4 nitrogen and oxygen atoms in total. The van der Waals surface area contributed by atoms with Crippen molar-refractivity contribution in [3.8, 4) is 0 Å². The highest BCUT2D eigenvalue weighted by Gasteiger charge is 2.22. The first kappa shape index (κ1) is 6.12. The third-order valence-corrected chi connectivity index (χ3v) is 1.83. The second-order valence-corrected chi connectivity index (χ2v) is 2.56. The van der Waals surface area contributed by atoms with E-state index in [2.05, 4.69) is 27.1 Å². The monoisotopic (exact) mass is 139 g/mol. The molecule has 1 radical (unpaired) electrons. The van der Waals surface area contributed by atoms with Gasteiger partial charge in [0.15, 0.2) is 6.34 Å². The second kappa shape index (κ2) is 2.56. The summed E-state index contributed by atoms with van der Waals surface area (Å²) in [4.78, 5) is 4.12. The molecule has 2 aliphatic rings. The molecule has 0 aromatic heterocycles. The highest BCUT2D eigenvalue weighted by atomic mass is 15.6. The van der Waals surface area contributed by atoms with Crippen molar-refractivity contribution >= 4 is 6.34 Å². The maximum atomic E-state index is 4.12. The Morgan fingerprint density at radius 1 is 1.60 bits per heavy atom. The van der Waals surface area contributed by atoms with Crippen molar-refractivity contribution in [3.05, 3.63) is 0 Å². The fourth-order valence-corrected chi connectivity index (χ4v) is 1.29. The summed E-state index contributed by atoms with van der Waals surface area (Å²) in [5, 5.41) is 5.11. The third-order valence-electron chi connectivity index (χ3n) is 1.83. The average molecular weight is 139 g/mol. The summed E-state index contributed by atoms with van der Waals surface area (Å²) in [6.45, 7) is 3.09. The van der Waals surface area contributed by atoms with Crippen LogP contribution in [0.4, 0.5) is 0 Å². The van der Waals surface area contributed by atoms with E-state index >= 15 is 0 Å². The van der Waals surface area contributed by atoms with E-state index in [4.69, 9.17) is 0 Å². The number of rotatable bonds is 1. The van der Waals surface area contributed by atoms with Gasteiger partial charge in [-0.2, -0.15) is 0 Å². The Kier molecular flexibility index (Phi) is 1.56. The van der Waals surface area contributed by atoms with Crippen LogP contribution in [0.15, 0.2) is 4.99 Å². The van der Waals surface area contributed by atoms with Gasteiger partial charge in [0.05, 0.1) is 6.54 Å². The van der Waals surface area contributed by atoms with Gasteiger partial charge in [0.25, 0.3) is 0 Å². The molecular weight excluding hydrogens is 128 g/mol. The van der Waals surface area contributed by atoms with Crippen LogP contribution >= 0.6 is 0 Å². The van der Waals surface area contributed by atoms with Crippen LogP contribution in [-0.4, -0.2) is 37.1 Å². The van der Waals surface area contributed by atoms with Crippen molar-refractivity contribution in [3.63, 3.8) is 0 Å². The van der Waals surface area contributed by atoms with E-state index in [1.54, 1.807) is 0 Å². The van der Waals surface area contributed by atoms with Gasteiger partial charge in [0, 0.05) is 13.1 Å². The zero-order chi connectivity index (χ0) is 6.81. The fourth-order valence-electron chi connectivity index (χ4n) is 1.29. The molecule has 55 valence electrons. The lowest BCUT2D eigenvalue weighted by atomic mass is 10.4. The molecule has 2 aliphatic heterocycles. The zero-order valence-corrected chi connectivity index (χ0v) is 5.80. The molecule has 1 fully saturated rings. The van der Waals surface area contributed by atoms with Crippen molar-refractivity contribution in [2.24, 2.45) is 4.99 Å². The van der Waals surface area contributed by atoms with Crippen LogP contribution < -0.4 is 10.7 Å². The number of hydrazine groups is 1. The Labute approximate surface area is 60.3 Å². The maximum Gasteiger partial charge on any atom is 0.166 e. The Balaban J connectivity index is 1.91. The van der Waals surface area contributed by atoms with Gasteiger partial charge in [-0.1, -0.05) is 0 Å². The smallest absolute Gasteiger partial charge is 0.166 e. The van der Waals surface area contributed by atoms with Crippen molar-refractivity contribution in [2.45, 2.75) is 12.6 Å². The van der Waals surface area contributed by atoms with E-state index in [-0.39, 0.29) is 6.17 Å². The molecule has 0 amide bonds. The second-order valence-electron chi connectivity index (χ2n) is 2.56. The molecule has 0 aliphatic carbocycles. The lowest BCUT2D eigenvalue weighted by molar-refractivity contribution is 0.188. The van der Waals surface area contributed by atoms with Crippen LogP contribution in [0.5, 0.6) is 0 Å². The van der Waals surface area contributed by atoms with Crippen molar-refractivity contribution in [1.29, 1.82) is 0 Å². The van der Waals surface area contributed by atoms with Crippen LogP contribution in [0.25, 0.3) is 0 Å². The molecule has 1 saturated heterocycles. The minimum atomic E-state index is 0.280. The molecule has 2 rings (SSSR count). The molecule has 4 heteroatoms. The van der Waals surface area contributed by atoms with Crippen LogP contribution in [0.1, 0.15) is 6.42 Å². The van der Waals surface area contributed by atoms with Gasteiger partial charge in [0.1, 0.15) is 6.17 Å². The molecular formula is C6H11N4. The van der Waals surface area contributed by atoms with Crippen molar-refractivity contribution < 1.29 is 0 Å². The molecule has 1 unspecified atom stereocenters. The molecule has 1 atom stereocenters. The van der Waals surface area contributed by atoms with E-state index in [0.29, 0.717) is 0 Å². The highest BCUT2D eigenvalue weighted by molar-refractivity contribution is 5.56. The Bertz CT molecular complexity index is 139. The molecule has 2 N–H and O–H groups in total. The normalized spacial score (nSPS) is 33.0. The van der Waals surface area contributed by atoms with E-state index < -0.39 is 0 Å². The van der Waals surface area contributed by atoms with Crippen molar-refractivity contribution in [1.82, 2.24) is 15.8 Å². The molecule has 0 saturated carbocycles. The van der Waals surface area contributed by atoms with Gasteiger partial charge < -0.3 is 5.32 Å². The van der Waals surface area contributed by atoms with Gasteiger partial charge in [-0.15, -0.1) is 0 Å². The first-order valence-electron chi connectivity index (χ1n) is 3.65. The van der Waals surface area contributed by atoms with Crippen molar-refractivity contribution in [2.75, 3.05) is 19.6 Å². The molecule has 0 aromatic rings. The molecule has 0 aromatic carbocycles. The van der Waals surface area contributed by atoms with E-state index in [9.17, 15) is 0 Å². The standard InChI is InChI=1S/C6H11N4/c1-2-9-10(3-1)6-4-7-5-8-6/h6,9H,1-4H2,(H,7,8). The summed E-state index contributed by atoms with van der Waals surface area (Å²) in [5.74, 6) is 0. The summed E-state index contributed by atoms with van der Waals surface area (Å²) in [6.07, 6.45) is 4.25. The predicted molar refractivity (Wildman–Crippen MR) is 38.6 cm³/mol. The van der Waals surface area contributed by atoms with E-state index in [1.165, 1.54) is 6.42 Å². The van der Waals surface area contributed by atoms with Gasteiger partial charge in [-0.3, -0.25) is 5.43 Å². The quantitative estimate of drug-likeness (QED) is 0.491. The first-order valence-corrected chi connectivity index (χ1v) is 3.65. The average Bonchev–Trinajstić information content (AvgIpc) is 2.59. The highest BCUT2D eigenvalue weighted by Crippen LogP contribution is 2.05. The Morgan fingerprint density at radius 2 is 2.60 bits per heavy atom. The fraction of sp³-hybridized carbons (Fsp3) is 0.833. The number of nitrogens with zero attached hydrogens (tertiary/aromatic N) is 2. The summed E-state index contributed by atoms with van der Waals surface area (Å²) >= 11 is 0. The van der Waals surface area contributed by atoms with Crippen LogP contribution in [0.2, 0.25) is 0 Å². The van der Waals surface area contributed by atoms with Gasteiger partial charge in [-0.25, -0.2) is 10.0 Å². The molecule has 0 bridgehead atoms. The lowest BCUT2D eigenvalue weighted by Crippen LogP contribution is -2.41. The number of nitrogens with one attached hydrogen (secondary N) is 2. The molecule has 10 heavy (non-hydrogen) atoms.